The van der Waals surface area contributed by atoms with Crippen LogP contribution in [0.2, 0.25) is 0 Å². The summed E-state index contributed by atoms with van der Waals surface area (Å²) in [6.45, 7) is 6.41. The van der Waals surface area contributed by atoms with Gasteiger partial charge in [-0.3, -0.25) is 4.90 Å². The smallest absolute Gasteiger partial charge is 0.0223 e. The standard InChI is InChI=1S/C17H33N3/c1-13-4-7-17(18-2)14(10-13)11-20-9-8-15-5-6-16(12-20)19(15)3/h13-18H,4-12H2,1-3H3. The summed E-state index contributed by atoms with van der Waals surface area (Å²) in [5, 5.41) is 3.59. The van der Waals surface area contributed by atoms with Gasteiger partial charge in [-0.2, -0.15) is 0 Å². The second-order valence-corrected chi connectivity index (χ2v) is 7.67. The molecule has 5 atom stereocenters. The van der Waals surface area contributed by atoms with E-state index < -0.39 is 0 Å². The molecule has 0 spiro atoms. The maximum atomic E-state index is 3.59. The molecule has 5 unspecified atom stereocenters. The molecule has 3 aliphatic rings. The minimum Gasteiger partial charge on any atom is -0.317 e. The Labute approximate surface area is 125 Å². The molecule has 3 fully saturated rings. The average Bonchev–Trinajstić information content (AvgIpc) is 2.67. The van der Waals surface area contributed by atoms with Crippen LogP contribution in [0.5, 0.6) is 0 Å². The molecule has 2 heterocycles. The fourth-order valence-corrected chi connectivity index (χ4v) is 4.96. The van der Waals surface area contributed by atoms with Crippen molar-refractivity contribution in [3.8, 4) is 0 Å². The molecule has 2 aliphatic heterocycles. The van der Waals surface area contributed by atoms with Crippen molar-refractivity contribution in [3.05, 3.63) is 0 Å². The third-order valence-corrected chi connectivity index (χ3v) is 6.34. The second kappa shape index (κ2) is 6.33. The van der Waals surface area contributed by atoms with Crippen molar-refractivity contribution in [2.75, 3.05) is 33.7 Å². The van der Waals surface area contributed by atoms with Crippen LogP contribution in [0, 0.1) is 11.8 Å². The molecule has 0 aromatic carbocycles. The maximum absolute atomic E-state index is 3.59. The quantitative estimate of drug-likeness (QED) is 0.854. The topological polar surface area (TPSA) is 18.5 Å². The molecule has 3 heteroatoms. The first-order valence-electron chi connectivity index (χ1n) is 8.79. The summed E-state index contributed by atoms with van der Waals surface area (Å²) in [5.74, 6) is 1.79. The highest BCUT2D eigenvalue weighted by Crippen LogP contribution is 2.32. The lowest BCUT2D eigenvalue weighted by molar-refractivity contribution is 0.139. The van der Waals surface area contributed by atoms with Gasteiger partial charge in [0.15, 0.2) is 0 Å². The van der Waals surface area contributed by atoms with Gasteiger partial charge >= 0.3 is 0 Å². The highest BCUT2D eigenvalue weighted by atomic mass is 15.3. The normalized spacial score (nSPS) is 43.6. The van der Waals surface area contributed by atoms with Gasteiger partial charge in [0.2, 0.25) is 0 Å². The zero-order valence-electron chi connectivity index (χ0n) is 13.6. The predicted octanol–water partition coefficient (Wildman–Crippen LogP) is 2.18. The molecule has 1 N–H and O–H groups in total. The SMILES string of the molecule is CNC1CCC(C)CC1CN1CCC2CCC(C1)N2C. The molecule has 3 rings (SSSR count). The predicted molar refractivity (Wildman–Crippen MR) is 85.0 cm³/mol. The third-order valence-electron chi connectivity index (χ3n) is 6.34. The molecule has 0 radical (unpaired) electrons. The molecule has 116 valence electrons. The highest BCUT2D eigenvalue weighted by molar-refractivity contribution is 4.93. The summed E-state index contributed by atoms with van der Waals surface area (Å²) in [4.78, 5) is 5.45. The third kappa shape index (κ3) is 3.05. The van der Waals surface area contributed by atoms with E-state index in [0.717, 1.165) is 30.0 Å². The van der Waals surface area contributed by atoms with E-state index in [4.69, 9.17) is 0 Å². The van der Waals surface area contributed by atoms with Crippen molar-refractivity contribution in [3.63, 3.8) is 0 Å². The number of nitrogens with one attached hydrogen (secondary N) is 1. The molecule has 20 heavy (non-hydrogen) atoms. The fraction of sp³-hybridized carbons (Fsp3) is 1.00. The van der Waals surface area contributed by atoms with Crippen molar-refractivity contribution in [1.29, 1.82) is 0 Å². The summed E-state index contributed by atoms with van der Waals surface area (Å²) in [5.41, 5.74) is 0. The zero-order valence-corrected chi connectivity index (χ0v) is 13.6. The maximum Gasteiger partial charge on any atom is 0.0223 e. The zero-order chi connectivity index (χ0) is 14.1. The lowest BCUT2D eigenvalue weighted by Crippen LogP contribution is -2.46. The van der Waals surface area contributed by atoms with Crippen molar-refractivity contribution in [1.82, 2.24) is 15.1 Å². The van der Waals surface area contributed by atoms with Gasteiger partial charge < -0.3 is 10.2 Å². The van der Waals surface area contributed by atoms with Gasteiger partial charge in [0, 0.05) is 31.2 Å². The molecule has 0 aromatic heterocycles. The summed E-state index contributed by atoms with van der Waals surface area (Å²) >= 11 is 0. The van der Waals surface area contributed by atoms with Crippen LogP contribution in [0.15, 0.2) is 0 Å². The van der Waals surface area contributed by atoms with E-state index in [2.05, 4.69) is 36.1 Å². The minimum absolute atomic E-state index is 0.754. The molecule has 0 aromatic rings. The van der Waals surface area contributed by atoms with Crippen LogP contribution >= 0.6 is 0 Å². The Morgan fingerprint density at radius 2 is 1.85 bits per heavy atom. The van der Waals surface area contributed by atoms with E-state index >= 15 is 0 Å². The molecule has 2 saturated heterocycles. The lowest BCUT2D eigenvalue weighted by atomic mass is 9.78. The van der Waals surface area contributed by atoms with Gasteiger partial charge in [-0.05, 0) is 71.0 Å². The molecule has 2 bridgehead atoms. The van der Waals surface area contributed by atoms with Gasteiger partial charge in [0.1, 0.15) is 0 Å². The van der Waals surface area contributed by atoms with Crippen LogP contribution in [0.25, 0.3) is 0 Å². The second-order valence-electron chi connectivity index (χ2n) is 7.67. The van der Waals surface area contributed by atoms with Crippen LogP contribution in [0.4, 0.5) is 0 Å². The van der Waals surface area contributed by atoms with E-state index in [1.165, 1.54) is 58.2 Å². The number of hydrogen-bond donors (Lipinski definition) is 1. The van der Waals surface area contributed by atoms with Crippen LogP contribution < -0.4 is 5.32 Å². The van der Waals surface area contributed by atoms with Gasteiger partial charge in [-0.25, -0.2) is 0 Å². The van der Waals surface area contributed by atoms with Crippen LogP contribution in [0.3, 0.4) is 0 Å². The summed E-state index contributed by atoms with van der Waals surface area (Å²) in [7, 11) is 4.51. The summed E-state index contributed by atoms with van der Waals surface area (Å²) in [6, 6.07) is 2.45. The largest absolute Gasteiger partial charge is 0.317 e. The van der Waals surface area contributed by atoms with E-state index in [0.29, 0.717) is 0 Å². The highest BCUT2D eigenvalue weighted by Gasteiger charge is 2.36. The van der Waals surface area contributed by atoms with E-state index in [9.17, 15) is 0 Å². The Balaban J connectivity index is 1.59. The Hall–Kier alpha value is -0.120. The lowest BCUT2D eigenvalue weighted by Gasteiger charge is -2.38. The Morgan fingerprint density at radius 3 is 2.65 bits per heavy atom. The van der Waals surface area contributed by atoms with Gasteiger partial charge in [0.25, 0.3) is 0 Å². The van der Waals surface area contributed by atoms with Crippen molar-refractivity contribution < 1.29 is 0 Å². The fourth-order valence-electron chi connectivity index (χ4n) is 4.96. The first kappa shape index (κ1) is 14.8. The van der Waals surface area contributed by atoms with Crippen molar-refractivity contribution in [2.45, 2.75) is 63.6 Å². The number of likely N-dealkylation sites (N-methyl/N-ethyl adjacent to an activating group) is 1. The van der Waals surface area contributed by atoms with E-state index in [1.54, 1.807) is 0 Å². The van der Waals surface area contributed by atoms with Gasteiger partial charge in [-0.15, -0.1) is 0 Å². The van der Waals surface area contributed by atoms with Crippen molar-refractivity contribution in [2.24, 2.45) is 11.8 Å². The molecular formula is C17H33N3. The van der Waals surface area contributed by atoms with Crippen LogP contribution in [-0.2, 0) is 0 Å². The Bertz CT molecular complexity index is 319. The van der Waals surface area contributed by atoms with Crippen molar-refractivity contribution >= 4 is 0 Å². The average molecular weight is 279 g/mol. The Kier molecular flexibility index (Phi) is 4.68. The minimum atomic E-state index is 0.754. The number of nitrogens with zero attached hydrogens (tertiary/aromatic N) is 2. The molecular weight excluding hydrogens is 246 g/mol. The van der Waals surface area contributed by atoms with E-state index in [1.807, 2.05) is 0 Å². The van der Waals surface area contributed by atoms with Crippen LogP contribution in [0.1, 0.15) is 45.4 Å². The Morgan fingerprint density at radius 1 is 1.05 bits per heavy atom. The molecule has 3 nitrogen and oxygen atoms in total. The van der Waals surface area contributed by atoms with Crippen LogP contribution in [-0.4, -0.2) is 61.7 Å². The molecule has 1 saturated carbocycles. The first-order chi connectivity index (χ1) is 9.67. The number of fused-ring (bicyclic) bond motifs is 2. The van der Waals surface area contributed by atoms with Gasteiger partial charge in [-0.1, -0.05) is 6.92 Å². The summed E-state index contributed by atoms with van der Waals surface area (Å²) in [6.07, 6.45) is 8.46. The first-order valence-corrected chi connectivity index (χ1v) is 8.79. The number of likely N-dealkylation sites (tertiary alicyclic amines) is 1. The molecule has 0 amide bonds. The number of rotatable bonds is 3. The summed E-state index contributed by atoms with van der Waals surface area (Å²) < 4.78 is 0. The number of hydrogen-bond acceptors (Lipinski definition) is 3. The van der Waals surface area contributed by atoms with Gasteiger partial charge in [0.05, 0.1) is 0 Å². The monoisotopic (exact) mass is 279 g/mol. The van der Waals surface area contributed by atoms with E-state index in [-0.39, 0.29) is 0 Å². The molecule has 1 aliphatic carbocycles.